The highest BCUT2D eigenvalue weighted by Crippen LogP contribution is 2.22. The van der Waals surface area contributed by atoms with Gasteiger partial charge in [-0.25, -0.2) is 0 Å². The zero-order chi connectivity index (χ0) is 18.7. The fraction of sp³-hybridized carbons (Fsp3) is 0.267. The maximum Gasteiger partial charge on any atom is 0.308 e. The highest BCUT2D eigenvalue weighted by Gasteiger charge is 2.19. The van der Waals surface area contributed by atoms with E-state index in [-0.39, 0.29) is 17.3 Å². The Morgan fingerprint density at radius 3 is 2.56 bits per heavy atom. The number of aromatic nitrogens is 2. The number of carboxylic acid groups (broad SMARTS) is 1. The number of halogens is 1. The van der Waals surface area contributed by atoms with Crippen LogP contribution in [0.5, 0.6) is 0 Å². The molecule has 0 aliphatic carbocycles. The summed E-state index contributed by atoms with van der Waals surface area (Å²) >= 11 is 6.12. The van der Waals surface area contributed by atoms with Gasteiger partial charge >= 0.3 is 5.97 Å². The van der Waals surface area contributed by atoms with Crippen molar-refractivity contribution < 1.29 is 14.8 Å². The first kappa shape index (κ1) is 18.4. The number of nitrogens with zero attached hydrogens (tertiary/aromatic N) is 4. The first-order chi connectivity index (χ1) is 11.7. The molecule has 0 saturated heterocycles. The van der Waals surface area contributed by atoms with Crippen LogP contribution in [-0.2, 0) is 4.79 Å². The number of hydrogen-bond donors (Lipinski definition) is 1. The fourth-order valence-electron chi connectivity index (χ4n) is 2.18. The van der Waals surface area contributed by atoms with Crippen molar-refractivity contribution in [3.8, 4) is 5.69 Å². The van der Waals surface area contributed by atoms with Crippen molar-refractivity contribution in [1.29, 1.82) is 0 Å². The lowest BCUT2D eigenvalue weighted by molar-refractivity contribution is -0.384. The normalized spacial score (nSPS) is 11.8. The SMILES string of the molecule is CC(CN(C)c1cnn(-c2ccc([N+](=O)[O-])cc2)c(=O)c1Cl)C(=O)O. The number of carboxylic acids is 1. The van der Waals surface area contributed by atoms with Crippen molar-refractivity contribution >= 4 is 28.9 Å². The highest BCUT2D eigenvalue weighted by molar-refractivity contribution is 6.33. The van der Waals surface area contributed by atoms with E-state index >= 15 is 0 Å². The van der Waals surface area contributed by atoms with E-state index in [2.05, 4.69) is 5.10 Å². The lowest BCUT2D eigenvalue weighted by Gasteiger charge is -2.22. The molecule has 0 bridgehead atoms. The second kappa shape index (κ2) is 7.31. The summed E-state index contributed by atoms with van der Waals surface area (Å²) in [7, 11) is 1.61. The molecule has 0 aliphatic heterocycles. The monoisotopic (exact) mass is 366 g/mol. The quantitative estimate of drug-likeness (QED) is 0.613. The Hall–Kier alpha value is -2.94. The van der Waals surface area contributed by atoms with Crippen LogP contribution in [0.1, 0.15) is 6.92 Å². The van der Waals surface area contributed by atoms with Gasteiger partial charge in [-0.05, 0) is 12.1 Å². The van der Waals surface area contributed by atoms with E-state index in [1.807, 2.05) is 0 Å². The third kappa shape index (κ3) is 3.94. The van der Waals surface area contributed by atoms with Gasteiger partial charge in [0.25, 0.3) is 11.2 Å². The van der Waals surface area contributed by atoms with Crippen LogP contribution >= 0.6 is 11.6 Å². The second-order valence-corrected chi connectivity index (χ2v) is 5.83. The topological polar surface area (TPSA) is 119 Å². The van der Waals surface area contributed by atoms with E-state index in [9.17, 15) is 19.7 Å². The van der Waals surface area contributed by atoms with E-state index < -0.39 is 22.4 Å². The van der Waals surface area contributed by atoms with E-state index in [4.69, 9.17) is 16.7 Å². The molecule has 132 valence electrons. The van der Waals surface area contributed by atoms with Crippen molar-refractivity contribution in [2.75, 3.05) is 18.5 Å². The molecule has 1 aromatic heterocycles. The van der Waals surface area contributed by atoms with E-state index in [1.165, 1.54) is 42.3 Å². The van der Waals surface area contributed by atoms with Gasteiger partial charge < -0.3 is 10.0 Å². The predicted molar refractivity (Wildman–Crippen MR) is 91.6 cm³/mol. The number of carbonyl (C=O) groups is 1. The molecule has 1 atom stereocenters. The third-order valence-corrected chi connectivity index (χ3v) is 3.94. The van der Waals surface area contributed by atoms with Gasteiger partial charge in [0.1, 0.15) is 5.02 Å². The molecule has 1 unspecified atom stereocenters. The molecular formula is C15H15ClN4O5. The zero-order valence-electron chi connectivity index (χ0n) is 13.4. The first-order valence-corrected chi connectivity index (χ1v) is 7.56. The molecule has 1 aromatic carbocycles. The Labute approximate surface area is 147 Å². The van der Waals surface area contributed by atoms with Crippen molar-refractivity contribution in [2.24, 2.45) is 5.92 Å². The number of non-ortho nitro benzene ring substituents is 1. The fourth-order valence-corrected chi connectivity index (χ4v) is 2.45. The Bertz CT molecular complexity index is 865. The summed E-state index contributed by atoms with van der Waals surface area (Å²) in [6.07, 6.45) is 1.35. The van der Waals surface area contributed by atoms with Crippen LogP contribution in [0.4, 0.5) is 11.4 Å². The molecular weight excluding hydrogens is 352 g/mol. The maximum absolute atomic E-state index is 12.4. The molecule has 10 heteroatoms. The number of aliphatic carboxylic acids is 1. The number of anilines is 1. The lowest BCUT2D eigenvalue weighted by atomic mass is 10.1. The largest absolute Gasteiger partial charge is 0.481 e. The predicted octanol–water partition coefficient (Wildman–Crippen LogP) is 1.95. The number of hydrogen-bond acceptors (Lipinski definition) is 6. The van der Waals surface area contributed by atoms with Crippen LogP contribution < -0.4 is 10.5 Å². The van der Waals surface area contributed by atoms with Gasteiger partial charge in [0.05, 0.1) is 28.4 Å². The summed E-state index contributed by atoms with van der Waals surface area (Å²) in [5, 5.41) is 23.5. The maximum atomic E-state index is 12.4. The summed E-state index contributed by atoms with van der Waals surface area (Å²) in [5.41, 5.74) is -0.0895. The molecule has 0 spiro atoms. The van der Waals surface area contributed by atoms with Gasteiger partial charge in [-0.1, -0.05) is 18.5 Å². The van der Waals surface area contributed by atoms with Crippen molar-refractivity contribution in [3.63, 3.8) is 0 Å². The second-order valence-electron chi connectivity index (χ2n) is 5.45. The minimum atomic E-state index is -0.963. The summed E-state index contributed by atoms with van der Waals surface area (Å²) in [5.74, 6) is -1.62. The minimum Gasteiger partial charge on any atom is -0.481 e. The summed E-state index contributed by atoms with van der Waals surface area (Å²) in [6.45, 7) is 1.69. The molecule has 1 heterocycles. The number of benzene rings is 1. The smallest absolute Gasteiger partial charge is 0.308 e. The standard InChI is InChI=1S/C15H15ClN4O5/c1-9(15(22)23)8-18(2)12-7-17-19(14(21)13(12)16)10-3-5-11(6-4-10)20(24)25/h3-7,9H,8H2,1-2H3,(H,22,23). The van der Waals surface area contributed by atoms with Crippen molar-refractivity contribution in [3.05, 3.63) is 56.0 Å². The summed E-state index contributed by atoms with van der Waals surface area (Å²) in [4.78, 5) is 35.0. The lowest BCUT2D eigenvalue weighted by Crippen LogP contribution is -2.31. The number of nitro benzene ring substituents is 1. The Morgan fingerprint density at radius 1 is 1.44 bits per heavy atom. The Morgan fingerprint density at radius 2 is 2.04 bits per heavy atom. The molecule has 0 aliphatic rings. The summed E-state index contributed by atoms with van der Waals surface area (Å²) < 4.78 is 1.02. The molecule has 2 rings (SSSR count). The van der Waals surface area contributed by atoms with Gasteiger partial charge in [-0.2, -0.15) is 9.78 Å². The van der Waals surface area contributed by atoms with E-state index in [0.717, 1.165) is 4.68 Å². The number of rotatable bonds is 6. The average Bonchev–Trinajstić information content (AvgIpc) is 2.57. The average molecular weight is 367 g/mol. The highest BCUT2D eigenvalue weighted by atomic mass is 35.5. The van der Waals surface area contributed by atoms with Crippen LogP contribution in [0.15, 0.2) is 35.3 Å². The molecule has 0 saturated carbocycles. The Kier molecular flexibility index (Phi) is 5.38. The van der Waals surface area contributed by atoms with Crippen LogP contribution in [0.25, 0.3) is 5.69 Å². The van der Waals surface area contributed by atoms with Gasteiger partial charge in [0, 0.05) is 25.7 Å². The molecule has 9 nitrogen and oxygen atoms in total. The molecule has 2 aromatic rings. The summed E-state index contributed by atoms with van der Waals surface area (Å²) in [6, 6.07) is 5.29. The van der Waals surface area contributed by atoms with Crippen LogP contribution in [0.2, 0.25) is 5.02 Å². The molecule has 25 heavy (non-hydrogen) atoms. The van der Waals surface area contributed by atoms with Gasteiger partial charge in [-0.3, -0.25) is 19.7 Å². The van der Waals surface area contributed by atoms with E-state index in [1.54, 1.807) is 7.05 Å². The van der Waals surface area contributed by atoms with Crippen LogP contribution in [0.3, 0.4) is 0 Å². The van der Waals surface area contributed by atoms with Gasteiger partial charge in [0.2, 0.25) is 0 Å². The van der Waals surface area contributed by atoms with Gasteiger partial charge in [-0.15, -0.1) is 0 Å². The first-order valence-electron chi connectivity index (χ1n) is 7.19. The van der Waals surface area contributed by atoms with Crippen LogP contribution in [-0.4, -0.2) is 39.4 Å². The molecule has 0 radical (unpaired) electrons. The van der Waals surface area contributed by atoms with Crippen LogP contribution in [0, 0.1) is 16.0 Å². The minimum absolute atomic E-state index is 0.109. The molecule has 0 fully saturated rings. The number of nitro groups is 1. The molecule has 1 N–H and O–H groups in total. The Balaban J connectivity index is 2.35. The molecule has 0 amide bonds. The van der Waals surface area contributed by atoms with E-state index in [0.29, 0.717) is 11.4 Å². The zero-order valence-corrected chi connectivity index (χ0v) is 14.2. The van der Waals surface area contributed by atoms with Crippen molar-refractivity contribution in [1.82, 2.24) is 9.78 Å². The van der Waals surface area contributed by atoms with Gasteiger partial charge in [0.15, 0.2) is 0 Å². The third-order valence-electron chi connectivity index (χ3n) is 3.59. The van der Waals surface area contributed by atoms with Crippen molar-refractivity contribution in [2.45, 2.75) is 6.92 Å².